The average molecular weight is 504 g/mol. The summed E-state index contributed by atoms with van der Waals surface area (Å²) in [6.07, 6.45) is 9.64. The van der Waals surface area contributed by atoms with Gasteiger partial charge in [-0.3, -0.25) is 14.6 Å². The van der Waals surface area contributed by atoms with E-state index < -0.39 is 0 Å². The Morgan fingerprint density at radius 3 is 2.38 bits per heavy atom. The smallest absolute Gasteiger partial charge is 0.258 e. The van der Waals surface area contributed by atoms with Crippen LogP contribution in [0.4, 0.5) is 5.82 Å². The molecule has 0 aliphatic heterocycles. The number of hydrogen-bond acceptors (Lipinski definition) is 5. The van der Waals surface area contributed by atoms with Crippen molar-refractivity contribution >= 4 is 28.2 Å². The Morgan fingerprint density at radius 1 is 1.08 bits per heavy atom. The molecule has 37 heavy (non-hydrogen) atoms. The van der Waals surface area contributed by atoms with Crippen LogP contribution in [-0.2, 0) is 11.3 Å². The molecule has 2 fully saturated rings. The standard InChI is InChI=1S/C27H30N4O2.C2H6.CH5N/c1-4-5-16(2)23-10-17(3)22(14-28-23)21-11-20-13-29-25(30-26(32)19-8-9-19)12-24(20)31(27(21)33)15-18-6-7-18;2*1-2/h10-14,18-19H,2,4-9,15H2,1,3H3,(H,29,30,32);1-2H3;2H2,1H3. The molecule has 0 radical (unpaired) electrons. The molecular weight excluding hydrogens is 462 g/mol. The van der Waals surface area contributed by atoms with Crippen LogP contribution in [-0.4, -0.2) is 27.5 Å². The predicted octanol–water partition coefficient (Wildman–Crippen LogP) is 5.94. The number of nitrogens with one attached hydrogen (secondary N) is 1. The Bertz CT molecular complexity index is 1320. The van der Waals surface area contributed by atoms with Crippen molar-refractivity contribution in [3.63, 3.8) is 0 Å². The fourth-order valence-electron chi connectivity index (χ4n) is 4.31. The number of carbonyl (C=O) groups excluding carboxylic acids is 1. The summed E-state index contributed by atoms with van der Waals surface area (Å²) in [5, 5.41) is 3.79. The highest BCUT2D eigenvalue weighted by molar-refractivity contribution is 5.95. The lowest BCUT2D eigenvalue weighted by atomic mass is 9.99. The van der Waals surface area contributed by atoms with Crippen molar-refractivity contribution in [2.45, 2.75) is 72.8 Å². The molecule has 2 aliphatic carbocycles. The molecule has 2 saturated carbocycles. The second-order valence-corrected chi connectivity index (χ2v) is 9.55. The third kappa shape index (κ3) is 6.72. The van der Waals surface area contributed by atoms with E-state index in [2.05, 4.69) is 34.5 Å². The zero-order chi connectivity index (χ0) is 27.1. The van der Waals surface area contributed by atoms with Gasteiger partial charge in [0.05, 0.1) is 11.2 Å². The van der Waals surface area contributed by atoms with E-state index in [4.69, 9.17) is 0 Å². The minimum Gasteiger partial charge on any atom is -0.333 e. The molecular formula is C30H41N5O2. The maximum Gasteiger partial charge on any atom is 0.258 e. The SMILES string of the molecule is C=C(CCC)c1cc(C)c(-c2cc3cnc(NC(=O)C4CC4)cc3n(CC3CC3)c2=O)cn1.CC.CN. The molecule has 0 unspecified atom stereocenters. The summed E-state index contributed by atoms with van der Waals surface area (Å²) in [4.78, 5) is 35.0. The summed E-state index contributed by atoms with van der Waals surface area (Å²) in [5.74, 6) is 1.15. The van der Waals surface area contributed by atoms with E-state index in [1.54, 1.807) is 12.4 Å². The topological polar surface area (TPSA) is 103 Å². The Balaban J connectivity index is 0.000000907. The molecule has 7 heteroatoms. The first kappa shape index (κ1) is 28.3. The van der Waals surface area contributed by atoms with Crippen molar-refractivity contribution in [3.05, 3.63) is 58.8 Å². The molecule has 0 bridgehead atoms. The summed E-state index contributed by atoms with van der Waals surface area (Å²) in [5.41, 5.74) is 9.67. The van der Waals surface area contributed by atoms with Crippen molar-refractivity contribution in [1.29, 1.82) is 0 Å². The number of rotatable bonds is 8. The number of nitrogens with zero attached hydrogens (tertiary/aromatic N) is 3. The van der Waals surface area contributed by atoms with Gasteiger partial charge in [0.15, 0.2) is 0 Å². The van der Waals surface area contributed by atoms with Gasteiger partial charge in [0, 0.05) is 47.4 Å². The highest BCUT2D eigenvalue weighted by atomic mass is 16.2. The van der Waals surface area contributed by atoms with Gasteiger partial charge in [0.2, 0.25) is 5.91 Å². The molecule has 198 valence electrons. The molecule has 2 aliphatic rings. The van der Waals surface area contributed by atoms with Crippen LogP contribution in [0.15, 0.2) is 42.0 Å². The number of pyridine rings is 3. The first-order chi connectivity index (χ1) is 17.9. The maximum atomic E-state index is 13.7. The van der Waals surface area contributed by atoms with Crippen LogP contribution >= 0.6 is 0 Å². The average Bonchev–Trinajstić information content (AvgIpc) is 3.83. The highest BCUT2D eigenvalue weighted by Gasteiger charge is 2.30. The van der Waals surface area contributed by atoms with Gasteiger partial charge in [-0.15, -0.1) is 0 Å². The quantitative estimate of drug-likeness (QED) is 0.396. The number of hydrogen-bond donors (Lipinski definition) is 2. The number of aryl methyl sites for hydroxylation is 1. The van der Waals surface area contributed by atoms with Crippen LogP contribution in [0.2, 0.25) is 0 Å². The zero-order valence-electron chi connectivity index (χ0n) is 22.9. The van der Waals surface area contributed by atoms with E-state index in [1.807, 2.05) is 43.5 Å². The number of carbonyl (C=O) groups is 1. The number of fused-ring (bicyclic) bond motifs is 1. The van der Waals surface area contributed by atoms with Crippen molar-refractivity contribution in [2.75, 3.05) is 12.4 Å². The normalized spacial score (nSPS) is 14.2. The van der Waals surface area contributed by atoms with Gasteiger partial charge >= 0.3 is 0 Å². The molecule has 7 nitrogen and oxygen atoms in total. The lowest BCUT2D eigenvalue weighted by Gasteiger charge is -2.15. The molecule has 0 atom stereocenters. The van der Waals surface area contributed by atoms with E-state index in [0.29, 0.717) is 23.8 Å². The van der Waals surface area contributed by atoms with E-state index in [1.165, 1.54) is 7.05 Å². The first-order valence-electron chi connectivity index (χ1n) is 13.5. The second-order valence-electron chi connectivity index (χ2n) is 9.55. The zero-order valence-corrected chi connectivity index (χ0v) is 22.9. The van der Waals surface area contributed by atoms with Gasteiger partial charge in [0.25, 0.3) is 5.56 Å². The van der Waals surface area contributed by atoms with Gasteiger partial charge in [-0.25, -0.2) is 4.98 Å². The number of nitrogens with two attached hydrogens (primary N) is 1. The Hall–Kier alpha value is -3.32. The van der Waals surface area contributed by atoms with Gasteiger partial charge in [-0.2, -0.15) is 0 Å². The van der Waals surface area contributed by atoms with Crippen LogP contribution in [0.3, 0.4) is 0 Å². The lowest BCUT2D eigenvalue weighted by molar-refractivity contribution is -0.117. The summed E-state index contributed by atoms with van der Waals surface area (Å²) in [6, 6.07) is 5.77. The van der Waals surface area contributed by atoms with Crippen molar-refractivity contribution in [2.24, 2.45) is 17.6 Å². The summed E-state index contributed by atoms with van der Waals surface area (Å²) >= 11 is 0. The Kier molecular flexibility index (Phi) is 9.75. The molecule has 0 spiro atoms. The van der Waals surface area contributed by atoms with Crippen LogP contribution in [0.5, 0.6) is 0 Å². The highest BCUT2D eigenvalue weighted by Crippen LogP contribution is 2.33. The van der Waals surface area contributed by atoms with Crippen LogP contribution in [0.25, 0.3) is 27.6 Å². The molecule has 3 heterocycles. The lowest BCUT2D eigenvalue weighted by Crippen LogP contribution is -2.24. The fourth-order valence-corrected chi connectivity index (χ4v) is 4.31. The minimum absolute atomic E-state index is 0.0148. The van der Waals surface area contributed by atoms with E-state index in [9.17, 15) is 9.59 Å². The number of anilines is 1. The van der Waals surface area contributed by atoms with Crippen molar-refractivity contribution < 1.29 is 4.79 Å². The third-order valence-electron chi connectivity index (χ3n) is 6.63. The summed E-state index contributed by atoms with van der Waals surface area (Å²) in [6.45, 7) is 13.0. The third-order valence-corrected chi connectivity index (χ3v) is 6.63. The first-order valence-corrected chi connectivity index (χ1v) is 13.5. The van der Waals surface area contributed by atoms with Gasteiger partial charge in [0.1, 0.15) is 5.82 Å². The van der Waals surface area contributed by atoms with Crippen molar-refractivity contribution in [3.8, 4) is 11.1 Å². The van der Waals surface area contributed by atoms with E-state index >= 15 is 0 Å². The summed E-state index contributed by atoms with van der Waals surface area (Å²) < 4.78 is 1.86. The van der Waals surface area contributed by atoms with Crippen LogP contribution < -0.4 is 16.6 Å². The summed E-state index contributed by atoms with van der Waals surface area (Å²) in [7, 11) is 1.50. The van der Waals surface area contributed by atoms with E-state index in [0.717, 1.165) is 71.8 Å². The molecule has 5 rings (SSSR count). The number of aromatic nitrogens is 3. The number of amides is 1. The molecule has 0 aromatic carbocycles. The molecule has 1 amide bonds. The monoisotopic (exact) mass is 503 g/mol. The van der Waals surface area contributed by atoms with Gasteiger partial charge < -0.3 is 15.6 Å². The Morgan fingerprint density at radius 2 is 1.78 bits per heavy atom. The van der Waals surface area contributed by atoms with E-state index in [-0.39, 0.29) is 17.4 Å². The Labute approximate surface area is 220 Å². The molecule has 3 N–H and O–H groups in total. The van der Waals surface area contributed by atoms with Crippen molar-refractivity contribution in [1.82, 2.24) is 14.5 Å². The van der Waals surface area contributed by atoms with Gasteiger partial charge in [-0.1, -0.05) is 33.8 Å². The molecule has 0 saturated heterocycles. The fraction of sp³-hybridized carbons (Fsp3) is 0.467. The van der Waals surface area contributed by atoms with Crippen LogP contribution in [0, 0.1) is 18.8 Å². The van der Waals surface area contributed by atoms with Crippen LogP contribution in [0.1, 0.15) is 70.6 Å². The van der Waals surface area contributed by atoms with Gasteiger partial charge in [-0.05, 0) is 75.3 Å². The largest absolute Gasteiger partial charge is 0.333 e. The maximum absolute atomic E-state index is 13.7. The molecule has 3 aromatic heterocycles. The second kappa shape index (κ2) is 12.8. The predicted molar refractivity (Wildman–Crippen MR) is 153 cm³/mol. The number of allylic oxidation sites excluding steroid dienone is 1. The molecule has 3 aromatic rings. The minimum atomic E-state index is -0.0231.